The van der Waals surface area contributed by atoms with Gasteiger partial charge in [0.25, 0.3) is 0 Å². The fourth-order valence-corrected chi connectivity index (χ4v) is 4.06. The van der Waals surface area contributed by atoms with Crippen LogP contribution in [0.15, 0.2) is 24.3 Å². The highest BCUT2D eigenvalue weighted by Crippen LogP contribution is 2.34. The van der Waals surface area contributed by atoms with Crippen LogP contribution in [0.3, 0.4) is 0 Å². The second kappa shape index (κ2) is 9.49. The maximum absolute atomic E-state index is 14.9. The first-order chi connectivity index (χ1) is 14.7. The average Bonchev–Trinajstić information content (AvgIpc) is 2.74. The van der Waals surface area contributed by atoms with Crippen LogP contribution in [-0.4, -0.2) is 26.8 Å². The molecular weight excluding hydrogens is 405 g/mol. The van der Waals surface area contributed by atoms with Gasteiger partial charge in [0, 0.05) is 23.7 Å². The molecule has 0 spiro atoms. The van der Waals surface area contributed by atoms with Crippen molar-refractivity contribution in [3.8, 4) is 11.5 Å². The Kier molecular flexibility index (Phi) is 7.17. The zero-order valence-electron chi connectivity index (χ0n) is 18.7. The summed E-state index contributed by atoms with van der Waals surface area (Å²) in [6, 6.07) is 6.34. The Bertz CT molecular complexity index is 928. The zero-order valence-corrected chi connectivity index (χ0v) is 18.7. The summed E-state index contributed by atoms with van der Waals surface area (Å²) in [5.41, 5.74) is 2.21. The number of hydrogen-bond donors (Lipinski definition) is 2. The Morgan fingerprint density at radius 2 is 1.81 bits per heavy atom. The lowest BCUT2D eigenvalue weighted by Crippen LogP contribution is -2.46. The molecule has 1 fully saturated rings. The standard InChI is InChI=1S/C24H31F3N2O2/c1-24(2,3)15-8-9-19(30-4)14(11-15)13-29-18-7-6-10-28-22(18)16-12-17(25)21(27)23(31-5)20(16)26/h8-9,11-12,18,22,28-29H,6-7,10,13H2,1-5H3. The molecular formula is C24H31F3N2O2. The quantitative estimate of drug-likeness (QED) is 0.626. The van der Waals surface area contributed by atoms with Gasteiger partial charge < -0.3 is 20.1 Å². The number of ether oxygens (including phenoxy) is 2. The molecule has 1 saturated heterocycles. The molecule has 7 heteroatoms. The van der Waals surface area contributed by atoms with E-state index in [1.807, 2.05) is 6.07 Å². The molecule has 2 aromatic rings. The van der Waals surface area contributed by atoms with Crippen LogP contribution in [0.1, 0.15) is 56.3 Å². The maximum Gasteiger partial charge on any atom is 0.203 e. The Balaban J connectivity index is 1.88. The molecule has 0 aromatic heterocycles. The molecule has 2 aromatic carbocycles. The zero-order chi connectivity index (χ0) is 22.8. The summed E-state index contributed by atoms with van der Waals surface area (Å²) in [5.74, 6) is -3.24. The van der Waals surface area contributed by atoms with Gasteiger partial charge in [0.05, 0.1) is 20.3 Å². The van der Waals surface area contributed by atoms with Crippen LogP contribution in [0.25, 0.3) is 0 Å². The third kappa shape index (κ3) is 4.99. The molecule has 3 rings (SSSR count). The molecule has 2 atom stereocenters. The summed E-state index contributed by atoms with van der Waals surface area (Å²) in [6.45, 7) is 7.59. The molecule has 1 aliphatic rings. The van der Waals surface area contributed by atoms with Gasteiger partial charge in [0.15, 0.2) is 17.4 Å². The van der Waals surface area contributed by atoms with Crippen LogP contribution in [-0.2, 0) is 12.0 Å². The van der Waals surface area contributed by atoms with Gasteiger partial charge in [-0.05, 0) is 42.5 Å². The smallest absolute Gasteiger partial charge is 0.203 e. The Hall–Kier alpha value is -2.25. The number of rotatable bonds is 6. The summed E-state index contributed by atoms with van der Waals surface area (Å²) in [7, 11) is 2.76. The van der Waals surface area contributed by atoms with Crippen molar-refractivity contribution in [1.82, 2.24) is 10.6 Å². The van der Waals surface area contributed by atoms with E-state index >= 15 is 0 Å². The minimum atomic E-state index is -1.31. The Morgan fingerprint density at radius 3 is 2.45 bits per heavy atom. The largest absolute Gasteiger partial charge is 0.496 e. The molecule has 0 aliphatic carbocycles. The molecule has 31 heavy (non-hydrogen) atoms. The van der Waals surface area contributed by atoms with Gasteiger partial charge in [-0.15, -0.1) is 0 Å². The summed E-state index contributed by atoms with van der Waals surface area (Å²) in [6.07, 6.45) is 1.65. The number of nitrogens with one attached hydrogen (secondary N) is 2. The highest BCUT2D eigenvalue weighted by molar-refractivity contribution is 5.40. The molecule has 0 amide bonds. The van der Waals surface area contributed by atoms with E-state index in [-0.39, 0.29) is 17.0 Å². The van der Waals surface area contributed by atoms with E-state index in [1.54, 1.807) is 7.11 Å². The van der Waals surface area contributed by atoms with Crippen LogP contribution in [0.4, 0.5) is 13.2 Å². The molecule has 170 valence electrons. The molecule has 0 saturated carbocycles. The predicted octanol–water partition coefficient (Wildman–Crippen LogP) is 5.00. The van der Waals surface area contributed by atoms with Gasteiger partial charge in [-0.25, -0.2) is 8.78 Å². The number of halogens is 3. The van der Waals surface area contributed by atoms with Crippen LogP contribution in [0.5, 0.6) is 11.5 Å². The topological polar surface area (TPSA) is 42.5 Å². The summed E-state index contributed by atoms with van der Waals surface area (Å²) in [5, 5.41) is 6.72. The van der Waals surface area contributed by atoms with Gasteiger partial charge >= 0.3 is 0 Å². The Labute approximate surface area is 182 Å². The molecule has 2 N–H and O–H groups in total. The van der Waals surface area contributed by atoms with E-state index in [2.05, 4.69) is 43.5 Å². The van der Waals surface area contributed by atoms with Crippen molar-refractivity contribution < 1.29 is 22.6 Å². The predicted molar refractivity (Wildman–Crippen MR) is 115 cm³/mol. The average molecular weight is 437 g/mol. The first-order valence-electron chi connectivity index (χ1n) is 10.5. The van der Waals surface area contributed by atoms with E-state index in [9.17, 15) is 13.2 Å². The van der Waals surface area contributed by atoms with Gasteiger partial charge in [-0.1, -0.05) is 32.9 Å². The van der Waals surface area contributed by atoms with Gasteiger partial charge in [-0.2, -0.15) is 4.39 Å². The monoisotopic (exact) mass is 436 g/mol. The molecule has 0 bridgehead atoms. The Morgan fingerprint density at radius 1 is 1.06 bits per heavy atom. The molecule has 1 aliphatic heterocycles. The second-order valence-corrected chi connectivity index (χ2v) is 8.95. The summed E-state index contributed by atoms with van der Waals surface area (Å²) >= 11 is 0. The van der Waals surface area contributed by atoms with Gasteiger partial charge in [0.2, 0.25) is 5.82 Å². The molecule has 0 radical (unpaired) electrons. The number of piperidine rings is 1. The van der Waals surface area contributed by atoms with E-state index in [0.717, 1.165) is 37.3 Å². The third-order valence-corrected chi connectivity index (χ3v) is 5.84. The van der Waals surface area contributed by atoms with Crippen molar-refractivity contribution in [2.45, 2.75) is 57.7 Å². The lowest BCUT2D eigenvalue weighted by Gasteiger charge is -2.34. The number of benzene rings is 2. The lowest BCUT2D eigenvalue weighted by atomic mass is 9.86. The number of methoxy groups -OCH3 is 2. The van der Waals surface area contributed by atoms with Gasteiger partial charge in [-0.3, -0.25) is 0 Å². The first-order valence-corrected chi connectivity index (χ1v) is 10.5. The highest BCUT2D eigenvalue weighted by Gasteiger charge is 2.32. The van der Waals surface area contributed by atoms with E-state index in [1.165, 1.54) is 5.56 Å². The lowest BCUT2D eigenvalue weighted by molar-refractivity contribution is 0.287. The molecule has 2 unspecified atom stereocenters. The van der Waals surface area contributed by atoms with Crippen molar-refractivity contribution in [3.05, 3.63) is 58.4 Å². The van der Waals surface area contributed by atoms with Crippen LogP contribution < -0.4 is 20.1 Å². The third-order valence-electron chi connectivity index (χ3n) is 5.84. The van der Waals surface area contributed by atoms with E-state index in [4.69, 9.17) is 9.47 Å². The van der Waals surface area contributed by atoms with Crippen LogP contribution >= 0.6 is 0 Å². The van der Waals surface area contributed by atoms with Gasteiger partial charge in [0.1, 0.15) is 5.75 Å². The highest BCUT2D eigenvalue weighted by atomic mass is 19.2. The molecule has 1 heterocycles. The fourth-order valence-electron chi connectivity index (χ4n) is 4.06. The van der Waals surface area contributed by atoms with E-state index < -0.39 is 29.2 Å². The SMILES string of the molecule is COc1ccc(C(C)(C)C)cc1CNC1CCCNC1c1cc(F)c(F)c(OC)c1F. The number of hydrogen-bond acceptors (Lipinski definition) is 4. The molecule has 4 nitrogen and oxygen atoms in total. The summed E-state index contributed by atoms with van der Waals surface area (Å²) in [4.78, 5) is 0. The normalized spacial score (nSPS) is 19.4. The maximum atomic E-state index is 14.9. The van der Waals surface area contributed by atoms with Crippen LogP contribution in [0.2, 0.25) is 0 Å². The van der Waals surface area contributed by atoms with Crippen molar-refractivity contribution in [2.75, 3.05) is 20.8 Å². The summed E-state index contributed by atoms with van der Waals surface area (Å²) < 4.78 is 53.2. The van der Waals surface area contributed by atoms with Crippen molar-refractivity contribution in [2.24, 2.45) is 0 Å². The van der Waals surface area contributed by atoms with E-state index in [0.29, 0.717) is 13.1 Å². The minimum Gasteiger partial charge on any atom is -0.496 e. The van der Waals surface area contributed by atoms with Crippen molar-refractivity contribution >= 4 is 0 Å². The van der Waals surface area contributed by atoms with Crippen LogP contribution in [0, 0.1) is 17.5 Å². The van der Waals surface area contributed by atoms with Crippen molar-refractivity contribution in [1.29, 1.82) is 0 Å². The fraction of sp³-hybridized carbons (Fsp3) is 0.500. The van der Waals surface area contributed by atoms with Crippen molar-refractivity contribution in [3.63, 3.8) is 0 Å². The first kappa shape index (κ1) is 23.4. The minimum absolute atomic E-state index is 0.0126. The second-order valence-electron chi connectivity index (χ2n) is 8.95.